The van der Waals surface area contributed by atoms with Gasteiger partial charge in [0.2, 0.25) is 0 Å². The lowest BCUT2D eigenvalue weighted by Gasteiger charge is -2.08. The van der Waals surface area contributed by atoms with Crippen molar-refractivity contribution in [2.75, 3.05) is 26.4 Å². The molecule has 0 saturated carbocycles. The molecule has 0 aromatic rings. The van der Waals surface area contributed by atoms with Gasteiger partial charge in [0, 0.05) is 25.7 Å². The maximum Gasteiger partial charge on any atom is 0.305 e. The Labute approximate surface area is 366 Å². The van der Waals surface area contributed by atoms with Crippen LogP contribution in [0.1, 0.15) is 245 Å². The van der Waals surface area contributed by atoms with Crippen molar-refractivity contribution in [1.82, 2.24) is 0 Å². The maximum absolute atomic E-state index is 11.4. The van der Waals surface area contributed by atoms with Crippen molar-refractivity contribution in [3.63, 3.8) is 0 Å². The number of rotatable bonds is 43. The summed E-state index contributed by atoms with van der Waals surface area (Å²) in [6.45, 7) is 3.59. The third-order valence-corrected chi connectivity index (χ3v) is 10.3. The van der Waals surface area contributed by atoms with Gasteiger partial charge in [-0.1, -0.05) is 194 Å². The molecule has 2 unspecified atom stereocenters. The predicted molar refractivity (Wildman–Crippen MR) is 241 cm³/mol. The van der Waals surface area contributed by atoms with Crippen molar-refractivity contribution in [2.45, 2.75) is 257 Å². The summed E-state index contributed by atoms with van der Waals surface area (Å²) in [5.41, 5.74) is 0. The third-order valence-electron chi connectivity index (χ3n) is 10.3. The second kappa shape index (κ2) is 52.9. The van der Waals surface area contributed by atoms with Crippen LogP contribution in [0.2, 0.25) is 0 Å². The van der Waals surface area contributed by atoms with Crippen LogP contribution in [0.25, 0.3) is 0 Å². The number of carbonyl (C=O) groups is 4. The van der Waals surface area contributed by atoms with Crippen molar-refractivity contribution in [3.8, 4) is 0 Å². The Hall–Kier alpha value is -2.28. The van der Waals surface area contributed by atoms with Crippen molar-refractivity contribution in [2.24, 2.45) is 0 Å². The Morgan fingerprint density at radius 2 is 0.550 bits per heavy atom. The van der Waals surface area contributed by atoms with E-state index in [1.807, 2.05) is 0 Å². The second-order valence-electron chi connectivity index (χ2n) is 16.4. The minimum atomic E-state index is -0.954. The molecule has 0 aliphatic rings. The topological polar surface area (TPSA) is 208 Å². The van der Waals surface area contributed by atoms with Gasteiger partial charge in [0.15, 0.2) is 0 Å². The van der Waals surface area contributed by atoms with E-state index in [9.17, 15) is 19.2 Å². The average molecular weight is 863 g/mol. The molecule has 6 N–H and O–H groups in total. The van der Waals surface area contributed by atoms with Gasteiger partial charge in [-0.25, -0.2) is 0 Å². The zero-order chi connectivity index (χ0) is 45.2. The molecular weight excluding hydrogens is 769 g/mol. The molecule has 0 aromatic carbocycles. The molecule has 0 amide bonds. The summed E-state index contributed by atoms with van der Waals surface area (Å²) in [7, 11) is 0. The predicted octanol–water partition coefficient (Wildman–Crippen LogP) is 11.0. The van der Waals surface area contributed by atoms with E-state index in [0.29, 0.717) is 25.7 Å². The summed E-state index contributed by atoms with van der Waals surface area (Å²) in [4.78, 5) is 42.6. The monoisotopic (exact) mass is 863 g/mol. The van der Waals surface area contributed by atoms with Crippen molar-refractivity contribution in [1.29, 1.82) is 0 Å². The van der Waals surface area contributed by atoms with Gasteiger partial charge in [0.05, 0.1) is 13.2 Å². The highest BCUT2D eigenvalue weighted by Gasteiger charge is 2.08. The number of aliphatic hydroxyl groups excluding tert-OH is 4. The average Bonchev–Trinajstić information content (AvgIpc) is 3.23. The summed E-state index contributed by atoms with van der Waals surface area (Å²) >= 11 is 0. The molecule has 12 heteroatoms. The number of carbonyl (C=O) groups excluding carboxylic acids is 2. The molecule has 60 heavy (non-hydrogen) atoms. The van der Waals surface area contributed by atoms with Crippen molar-refractivity contribution >= 4 is 23.9 Å². The first-order valence-electron chi connectivity index (χ1n) is 24.4. The molecule has 0 bridgehead atoms. The lowest BCUT2D eigenvalue weighted by atomic mass is 10.0. The fourth-order valence-corrected chi connectivity index (χ4v) is 6.46. The standard InChI is InChI=1S/2C21H42O4.C6H10O4/c2*1-2-3-4-5-6-7-8-9-10-11-12-13-14-15-16-17-21(24)25-19-20(23)18-22;7-5(8)3-1-2-4-6(9)10/h2*20,22-23H,2-19H2,1H3;1-4H2,(H,7,8)(H,9,10). The summed E-state index contributed by atoms with van der Waals surface area (Å²) in [5.74, 6) is -2.29. The van der Waals surface area contributed by atoms with Gasteiger partial charge in [-0.3, -0.25) is 19.2 Å². The minimum Gasteiger partial charge on any atom is -0.481 e. The van der Waals surface area contributed by atoms with Crippen LogP contribution in [0.4, 0.5) is 0 Å². The largest absolute Gasteiger partial charge is 0.481 e. The van der Waals surface area contributed by atoms with Crippen LogP contribution in [0, 0.1) is 0 Å². The summed E-state index contributed by atoms with van der Waals surface area (Å²) < 4.78 is 9.73. The Balaban J connectivity index is -0.000000884. The maximum atomic E-state index is 11.4. The number of hydrogen-bond donors (Lipinski definition) is 6. The van der Waals surface area contributed by atoms with Crippen LogP contribution in [0.3, 0.4) is 0 Å². The number of unbranched alkanes of at least 4 members (excludes halogenated alkanes) is 29. The highest BCUT2D eigenvalue weighted by Crippen LogP contribution is 2.15. The van der Waals surface area contributed by atoms with Crippen LogP contribution in [-0.2, 0) is 28.7 Å². The van der Waals surface area contributed by atoms with Gasteiger partial charge in [0.1, 0.15) is 25.4 Å². The van der Waals surface area contributed by atoms with Crippen LogP contribution < -0.4 is 0 Å². The minimum absolute atomic E-state index is 0.0628. The van der Waals surface area contributed by atoms with E-state index in [0.717, 1.165) is 25.7 Å². The normalized spacial score (nSPS) is 11.8. The van der Waals surface area contributed by atoms with E-state index >= 15 is 0 Å². The molecule has 0 spiro atoms. The third kappa shape index (κ3) is 60.0. The lowest BCUT2D eigenvalue weighted by Crippen LogP contribution is -2.21. The van der Waals surface area contributed by atoms with Crippen molar-refractivity contribution < 1.29 is 59.3 Å². The molecule has 0 radical (unpaired) electrons. The molecule has 0 aromatic heterocycles. The van der Waals surface area contributed by atoms with E-state index in [4.69, 9.17) is 40.1 Å². The number of esters is 2. The molecule has 0 aliphatic heterocycles. The van der Waals surface area contributed by atoms with E-state index < -0.39 is 24.1 Å². The van der Waals surface area contributed by atoms with E-state index in [1.54, 1.807) is 0 Å². The van der Waals surface area contributed by atoms with E-state index in [-0.39, 0.29) is 51.2 Å². The van der Waals surface area contributed by atoms with Crippen molar-refractivity contribution in [3.05, 3.63) is 0 Å². The highest BCUT2D eigenvalue weighted by atomic mass is 16.5. The number of aliphatic hydroxyl groups is 4. The zero-order valence-electron chi connectivity index (χ0n) is 38.6. The first-order valence-corrected chi connectivity index (χ1v) is 24.4. The van der Waals surface area contributed by atoms with Gasteiger partial charge >= 0.3 is 23.9 Å². The number of aliphatic carboxylic acids is 2. The lowest BCUT2D eigenvalue weighted by molar-refractivity contribution is -0.148. The van der Waals surface area contributed by atoms with Gasteiger partial charge in [-0.15, -0.1) is 0 Å². The Kier molecular flexibility index (Phi) is 54.6. The van der Waals surface area contributed by atoms with Crippen LogP contribution in [0.15, 0.2) is 0 Å². The summed E-state index contributed by atoms with van der Waals surface area (Å²) in [6, 6.07) is 0. The van der Waals surface area contributed by atoms with Gasteiger partial charge < -0.3 is 40.1 Å². The van der Waals surface area contributed by atoms with Gasteiger partial charge in [-0.2, -0.15) is 0 Å². The number of hydrogen-bond acceptors (Lipinski definition) is 10. The van der Waals surface area contributed by atoms with Crippen LogP contribution in [0.5, 0.6) is 0 Å². The molecule has 0 fully saturated rings. The van der Waals surface area contributed by atoms with Gasteiger partial charge in [-0.05, 0) is 25.7 Å². The smallest absolute Gasteiger partial charge is 0.305 e. The fourth-order valence-electron chi connectivity index (χ4n) is 6.46. The number of carboxylic acids is 2. The molecule has 12 nitrogen and oxygen atoms in total. The van der Waals surface area contributed by atoms with E-state index in [1.165, 1.54) is 167 Å². The van der Waals surface area contributed by atoms with Crippen LogP contribution >= 0.6 is 0 Å². The number of carboxylic acid groups (broad SMARTS) is 2. The Bertz CT molecular complexity index is 844. The highest BCUT2D eigenvalue weighted by molar-refractivity contribution is 5.69. The fraction of sp³-hybridized carbons (Fsp3) is 0.917. The van der Waals surface area contributed by atoms with E-state index in [2.05, 4.69) is 13.8 Å². The molecule has 2 atom stereocenters. The zero-order valence-corrected chi connectivity index (χ0v) is 38.6. The summed E-state index contributed by atoms with van der Waals surface area (Å²) in [6.07, 6.45) is 39.1. The molecular formula is C48H94O12. The Morgan fingerprint density at radius 1 is 0.350 bits per heavy atom. The molecule has 0 aliphatic carbocycles. The molecule has 0 rings (SSSR count). The first-order chi connectivity index (χ1) is 29.0. The SMILES string of the molecule is CCCCCCCCCCCCCCCCCC(=O)OCC(O)CO.CCCCCCCCCCCCCCCCCC(=O)OCC(O)CO.O=C(O)CCCCC(=O)O. The second-order valence-corrected chi connectivity index (χ2v) is 16.4. The number of ether oxygens (including phenoxy) is 2. The molecule has 0 saturated heterocycles. The molecule has 358 valence electrons. The Morgan fingerprint density at radius 3 is 0.750 bits per heavy atom. The first kappa shape index (κ1) is 62.0. The quantitative estimate of drug-likeness (QED) is 0.0250. The van der Waals surface area contributed by atoms with Gasteiger partial charge in [0.25, 0.3) is 0 Å². The summed E-state index contributed by atoms with van der Waals surface area (Å²) in [5, 5.41) is 51.7. The van der Waals surface area contributed by atoms with Crippen LogP contribution in [-0.4, -0.2) is 93.2 Å². The molecule has 0 heterocycles.